The van der Waals surface area contributed by atoms with Gasteiger partial charge in [0.05, 0.1) is 6.10 Å². The van der Waals surface area contributed by atoms with Crippen LogP contribution in [0.25, 0.3) is 0 Å². The first-order valence-electron chi connectivity index (χ1n) is 8.81. The van der Waals surface area contributed by atoms with Crippen molar-refractivity contribution in [3.63, 3.8) is 0 Å². The van der Waals surface area contributed by atoms with Gasteiger partial charge in [0.1, 0.15) is 24.0 Å². The number of rotatable bonds is 7. The summed E-state index contributed by atoms with van der Waals surface area (Å²) < 4.78 is 32.4. The Labute approximate surface area is 171 Å². The number of amides is 1. The summed E-state index contributed by atoms with van der Waals surface area (Å²) >= 11 is 5.94. The van der Waals surface area contributed by atoms with E-state index in [2.05, 4.69) is 5.32 Å². The van der Waals surface area contributed by atoms with Gasteiger partial charge in [-0.2, -0.15) is 0 Å². The van der Waals surface area contributed by atoms with Gasteiger partial charge in [0.2, 0.25) is 0 Å². The molecule has 3 aromatic rings. The van der Waals surface area contributed by atoms with E-state index in [4.69, 9.17) is 16.3 Å². The van der Waals surface area contributed by atoms with Crippen LogP contribution >= 0.6 is 11.6 Å². The number of aliphatic hydroxyl groups is 1. The molecule has 0 saturated heterocycles. The molecule has 0 spiro atoms. The Bertz CT molecular complexity index is 1010. The third-order valence-electron chi connectivity index (χ3n) is 4.17. The van der Waals surface area contributed by atoms with Crippen LogP contribution in [0.5, 0.6) is 5.75 Å². The average Bonchev–Trinajstić information content (AvgIpc) is 2.70. The van der Waals surface area contributed by atoms with E-state index >= 15 is 0 Å². The van der Waals surface area contributed by atoms with Crippen molar-refractivity contribution in [2.45, 2.75) is 12.7 Å². The predicted octanol–water partition coefficient (Wildman–Crippen LogP) is 4.66. The maximum atomic E-state index is 13.7. The topological polar surface area (TPSA) is 58.6 Å². The summed E-state index contributed by atoms with van der Waals surface area (Å²) in [6, 6.07) is 16.6. The van der Waals surface area contributed by atoms with E-state index in [1.807, 2.05) is 12.1 Å². The second kappa shape index (κ2) is 9.49. The van der Waals surface area contributed by atoms with Crippen molar-refractivity contribution in [3.8, 4) is 5.75 Å². The van der Waals surface area contributed by atoms with Crippen molar-refractivity contribution >= 4 is 17.5 Å². The molecule has 0 radical (unpaired) electrons. The van der Waals surface area contributed by atoms with Gasteiger partial charge in [-0.1, -0.05) is 35.9 Å². The Morgan fingerprint density at radius 2 is 1.86 bits per heavy atom. The molecular weight excluding hydrogens is 400 g/mol. The normalized spacial score (nSPS) is 11.7. The zero-order chi connectivity index (χ0) is 20.8. The number of nitrogens with one attached hydrogen (secondary N) is 1. The first kappa shape index (κ1) is 20.8. The SMILES string of the molecule is O=C(NCC(O)c1ccc(F)cc1F)c1cccc(OCc2cccc(Cl)c2)c1. The number of ether oxygens (including phenoxy) is 1. The van der Waals surface area contributed by atoms with Crippen LogP contribution in [-0.4, -0.2) is 17.6 Å². The van der Waals surface area contributed by atoms with Crippen molar-refractivity contribution in [2.24, 2.45) is 0 Å². The van der Waals surface area contributed by atoms with Crippen molar-refractivity contribution < 1.29 is 23.4 Å². The Morgan fingerprint density at radius 1 is 1.07 bits per heavy atom. The molecule has 0 fully saturated rings. The first-order valence-corrected chi connectivity index (χ1v) is 9.18. The molecule has 1 unspecified atom stereocenters. The number of hydrogen-bond donors (Lipinski definition) is 2. The van der Waals surface area contributed by atoms with E-state index in [0.717, 1.165) is 17.7 Å². The fourth-order valence-corrected chi connectivity index (χ4v) is 2.91. The van der Waals surface area contributed by atoms with E-state index in [9.17, 15) is 18.7 Å². The minimum Gasteiger partial charge on any atom is -0.489 e. The molecule has 29 heavy (non-hydrogen) atoms. The van der Waals surface area contributed by atoms with E-state index in [1.54, 1.807) is 36.4 Å². The van der Waals surface area contributed by atoms with Gasteiger partial charge in [0.15, 0.2) is 0 Å². The minimum absolute atomic E-state index is 0.0923. The number of carbonyl (C=O) groups excluding carboxylic acids is 1. The Hall–Kier alpha value is -2.96. The molecule has 0 aliphatic heterocycles. The second-order valence-electron chi connectivity index (χ2n) is 6.34. The zero-order valence-electron chi connectivity index (χ0n) is 15.2. The summed E-state index contributed by atoms with van der Waals surface area (Å²) in [4.78, 5) is 12.3. The van der Waals surface area contributed by atoms with E-state index < -0.39 is 23.6 Å². The lowest BCUT2D eigenvalue weighted by atomic mass is 10.1. The molecule has 0 heterocycles. The smallest absolute Gasteiger partial charge is 0.251 e. The summed E-state index contributed by atoms with van der Waals surface area (Å²) in [6.07, 6.45) is -1.30. The molecule has 0 aliphatic rings. The van der Waals surface area contributed by atoms with Crippen LogP contribution in [0.15, 0.2) is 66.7 Å². The summed E-state index contributed by atoms with van der Waals surface area (Å²) in [5.41, 5.74) is 1.11. The largest absolute Gasteiger partial charge is 0.489 e. The third kappa shape index (κ3) is 5.76. The van der Waals surface area contributed by atoms with Gasteiger partial charge in [-0.3, -0.25) is 4.79 Å². The summed E-state index contributed by atoms with van der Waals surface area (Å²) in [5.74, 6) is -1.58. The maximum absolute atomic E-state index is 13.7. The van der Waals surface area contributed by atoms with Crippen LogP contribution in [0.2, 0.25) is 5.02 Å². The maximum Gasteiger partial charge on any atom is 0.251 e. The lowest BCUT2D eigenvalue weighted by Gasteiger charge is -2.14. The lowest BCUT2D eigenvalue weighted by molar-refractivity contribution is 0.0913. The number of carbonyl (C=O) groups is 1. The number of halogens is 3. The van der Waals surface area contributed by atoms with Crippen molar-refractivity contribution in [1.82, 2.24) is 5.32 Å². The Balaban J connectivity index is 1.58. The van der Waals surface area contributed by atoms with Gasteiger partial charge in [-0.15, -0.1) is 0 Å². The second-order valence-corrected chi connectivity index (χ2v) is 6.77. The van der Waals surface area contributed by atoms with Gasteiger partial charge in [-0.25, -0.2) is 8.78 Å². The molecule has 0 bridgehead atoms. The highest BCUT2D eigenvalue weighted by atomic mass is 35.5. The highest BCUT2D eigenvalue weighted by Gasteiger charge is 2.15. The highest BCUT2D eigenvalue weighted by molar-refractivity contribution is 6.30. The molecule has 3 rings (SSSR count). The van der Waals surface area contributed by atoms with E-state index in [0.29, 0.717) is 22.4 Å². The van der Waals surface area contributed by atoms with Gasteiger partial charge in [0.25, 0.3) is 5.91 Å². The molecule has 0 saturated carbocycles. The molecule has 1 atom stereocenters. The zero-order valence-corrected chi connectivity index (χ0v) is 16.0. The molecular formula is C22H18ClF2NO3. The fourth-order valence-electron chi connectivity index (χ4n) is 2.69. The van der Waals surface area contributed by atoms with Crippen LogP contribution in [0.3, 0.4) is 0 Å². The number of benzene rings is 3. The van der Waals surface area contributed by atoms with Crippen molar-refractivity contribution in [1.29, 1.82) is 0 Å². The molecule has 0 aliphatic carbocycles. The fraction of sp³-hybridized carbons (Fsp3) is 0.136. The summed E-state index contributed by atoms with van der Waals surface area (Å²) in [5, 5.41) is 13.2. The van der Waals surface area contributed by atoms with E-state index in [1.165, 1.54) is 0 Å². The molecule has 1 amide bonds. The van der Waals surface area contributed by atoms with Gasteiger partial charge < -0.3 is 15.2 Å². The van der Waals surface area contributed by atoms with Crippen LogP contribution in [0, 0.1) is 11.6 Å². The lowest BCUT2D eigenvalue weighted by Crippen LogP contribution is -2.28. The first-order chi connectivity index (χ1) is 13.9. The molecule has 2 N–H and O–H groups in total. The Kier molecular flexibility index (Phi) is 6.80. The predicted molar refractivity (Wildman–Crippen MR) is 106 cm³/mol. The number of aliphatic hydroxyl groups excluding tert-OH is 1. The van der Waals surface area contributed by atoms with Crippen LogP contribution in [0.4, 0.5) is 8.78 Å². The van der Waals surface area contributed by atoms with E-state index in [-0.39, 0.29) is 18.7 Å². The quantitative estimate of drug-likeness (QED) is 0.587. The van der Waals surface area contributed by atoms with Crippen LogP contribution in [-0.2, 0) is 6.61 Å². The highest BCUT2D eigenvalue weighted by Crippen LogP contribution is 2.19. The minimum atomic E-state index is -1.30. The number of hydrogen-bond acceptors (Lipinski definition) is 3. The van der Waals surface area contributed by atoms with Gasteiger partial charge in [-0.05, 0) is 42.0 Å². The van der Waals surface area contributed by atoms with Gasteiger partial charge in [0, 0.05) is 28.8 Å². The molecule has 3 aromatic carbocycles. The molecule has 150 valence electrons. The molecule has 4 nitrogen and oxygen atoms in total. The molecule has 0 aromatic heterocycles. The Morgan fingerprint density at radius 3 is 2.62 bits per heavy atom. The van der Waals surface area contributed by atoms with Crippen LogP contribution in [0.1, 0.15) is 27.6 Å². The van der Waals surface area contributed by atoms with Crippen molar-refractivity contribution in [3.05, 3.63) is 100 Å². The third-order valence-corrected chi connectivity index (χ3v) is 4.40. The van der Waals surface area contributed by atoms with Gasteiger partial charge >= 0.3 is 0 Å². The molecule has 7 heteroatoms. The van der Waals surface area contributed by atoms with Crippen molar-refractivity contribution in [2.75, 3.05) is 6.54 Å². The van der Waals surface area contributed by atoms with Crippen LogP contribution < -0.4 is 10.1 Å². The standard InChI is InChI=1S/C22H18ClF2NO3/c23-16-5-1-3-14(9-16)13-29-18-6-2-4-15(10-18)22(28)26-12-21(27)19-8-7-17(24)11-20(19)25/h1-11,21,27H,12-13H2,(H,26,28). The average molecular weight is 418 g/mol. The summed E-state index contributed by atoms with van der Waals surface area (Å²) in [6.45, 7) is 0.0587. The monoisotopic (exact) mass is 417 g/mol. The summed E-state index contributed by atoms with van der Waals surface area (Å²) in [7, 11) is 0.